The standard InChI is InChI=1S/C51H57N9O9S/c1-29(2)37-6-3-4-7-38(37)40-8-5-13-58(40)34-19-51(20-34)27-57(28-51)32-9-10-39(41(16-32)59-43-14-30-11-12-52-48(30)54-50(43)69-46-26-66-25-44(46)59)49(61)55-70(64,65)36-17-42(60(62)63)47-45(18-36)68-23-31(53-47)21-56-22-35-15-33(56)24-67-35/h3-4,6-7,9-12,14,16-18,29,31,33-35,40,44,46,53H,5,8,13,15,19-28H2,1-2H3,(H,52,54)(H,55,61)/t31-,33-,35-,40+,44-,46-/m1/s1. The van der Waals surface area contributed by atoms with Gasteiger partial charge in [-0.2, -0.15) is 4.98 Å². The summed E-state index contributed by atoms with van der Waals surface area (Å²) in [5.41, 5.74) is 5.48. The van der Waals surface area contributed by atoms with E-state index in [0.717, 1.165) is 62.6 Å². The van der Waals surface area contributed by atoms with Gasteiger partial charge in [-0.1, -0.05) is 38.1 Å². The van der Waals surface area contributed by atoms with E-state index in [1.165, 1.54) is 30.0 Å². The van der Waals surface area contributed by atoms with E-state index in [4.69, 9.17) is 23.9 Å². The predicted octanol–water partition coefficient (Wildman–Crippen LogP) is 6.46. The van der Waals surface area contributed by atoms with Crippen LogP contribution in [0.4, 0.5) is 28.4 Å². The zero-order chi connectivity index (χ0) is 47.6. The molecular formula is C51H57N9O9S. The van der Waals surface area contributed by atoms with E-state index in [2.05, 4.69) is 67.8 Å². The second-order valence-electron chi connectivity index (χ2n) is 21.1. The van der Waals surface area contributed by atoms with Crippen LogP contribution >= 0.6 is 0 Å². The van der Waals surface area contributed by atoms with Crippen molar-refractivity contribution in [3.8, 4) is 11.6 Å². The second-order valence-corrected chi connectivity index (χ2v) is 22.8. The minimum absolute atomic E-state index is 0.0252. The van der Waals surface area contributed by atoms with E-state index in [9.17, 15) is 23.3 Å². The van der Waals surface area contributed by atoms with Crippen molar-refractivity contribution < 1.29 is 37.1 Å². The first-order valence-electron chi connectivity index (χ1n) is 24.8. The zero-order valence-electron chi connectivity index (χ0n) is 39.2. The molecule has 13 rings (SSSR count). The monoisotopic (exact) mass is 971 g/mol. The van der Waals surface area contributed by atoms with Crippen LogP contribution in [0, 0.1) is 15.5 Å². The molecule has 3 N–H and O–H groups in total. The number of nitrogens with one attached hydrogen (secondary N) is 3. The summed E-state index contributed by atoms with van der Waals surface area (Å²) in [5, 5.41) is 16.6. The number of aromatic amines is 1. The van der Waals surface area contributed by atoms with Crippen molar-refractivity contribution in [1.29, 1.82) is 0 Å². The van der Waals surface area contributed by atoms with E-state index in [1.54, 1.807) is 12.3 Å². The molecule has 5 saturated heterocycles. The number of ether oxygens (including phenoxy) is 4. The van der Waals surface area contributed by atoms with Gasteiger partial charge in [-0.05, 0) is 86.0 Å². The van der Waals surface area contributed by atoms with Gasteiger partial charge in [0.05, 0.1) is 59.1 Å². The third kappa shape index (κ3) is 7.37. The number of aromatic nitrogens is 2. The van der Waals surface area contributed by atoms with Gasteiger partial charge in [0.15, 0.2) is 11.4 Å². The number of benzene rings is 3. The van der Waals surface area contributed by atoms with E-state index in [1.807, 2.05) is 29.2 Å². The Morgan fingerprint density at radius 3 is 2.67 bits per heavy atom. The van der Waals surface area contributed by atoms with Crippen molar-refractivity contribution in [2.24, 2.45) is 5.41 Å². The number of carbonyl (C=O) groups is 1. The minimum Gasteiger partial charge on any atom is -0.489 e. The molecule has 8 aliphatic rings. The molecule has 0 radical (unpaired) electrons. The number of hydrogen-bond donors (Lipinski definition) is 3. The van der Waals surface area contributed by atoms with Gasteiger partial charge < -0.3 is 39.0 Å². The highest BCUT2D eigenvalue weighted by molar-refractivity contribution is 7.90. The molecule has 2 bridgehead atoms. The van der Waals surface area contributed by atoms with E-state index < -0.39 is 37.5 Å². The number of pyridine rings is 1. The predicted molar refractivity (Wildman–Crippen MR) is 261 cm³/mol. The van der Waals surface area contributed by atoms with E-state index in [-0.39, 0.29) is 47.2 Å². The van der Waals surface area contributed by atoms with Crippen LogP contribution in [0.25, 0.3) is 11.0 Å². The first-order chi connectivity index (χ1) is 33.9. The summed E-state index contributed by atoms with van der Waals surface area (Å²) in [5.74, 6) is -0.0367. The van der Waals surface area contributed by atoms with Crippen LogP contribution in [0.3, 0.4) is 0 Å². The fourth-order valence-electron chi connectivity index (χ4n) is 13.0. The molecule has 19 heteroatoms. The van der Waals surface area contributed by atoms with Gasteiger partial charge in [-0.25, -0.2) is 13.1 Å². The maximum Gasteiger partial charge on any atom is 0.297 e. The maximum absolute atomic E-state index is 14.7. The van der Waals surface area contributed by atoms with Gasteiger partial charge in [-0.15, -0.1) is 0 Å². The molecule has 7 aliphatic heterocycles. The summed E-state index contributed by atoms with van der Waals surface area (Å²) in [6.07, 6.45) is 7.18. The number of nitro groups is 1. The molecule has 3 aromatic carbocycles. The summed E-state index contributed by atoms with van der Waals surface area (Å²) in [7, 11) is -4.69. The number of rotatable bonds is 11. The molecule has 70 heavy (non-hydrogen) atoms. The lowest BCUT2D eigenvalue weighted by atomic mass is 9.60. The highest BCUT2D eigenvalue weighted by Gasteiger charge is 2.55. The molecule has 6 atom stereocenters. The summed E-state index contributed by atoms with van der Waals surface area (Å²) in [4.78, 5) is 43.5. The maximum atomic E-state index is 14.7. The van der Waals surface area contributed by atoms with E-state index in [0.29, 0.717) is 73.3 Å². The van der Waals surface area contributed by atoms with Crippen LogP contribution in [0.2, 0.25) is 0 Å². The highest BCUT2D eigenvalue weighted by atomic mass is 32.2. The average molecular weight is 972 g/mol. The SMILES string of the molecule is CC(C)c1ccccc1[C@@H]1CCCN1C1CC2(C1)CN(c1ccc(C(=O)NS(=O)(=O)c3cc4c(c([N+](=O)[O-])c3)N[C@H](CN3C[C@H]5C[C@@H]3CO5)CO4)c(N3c4cc5cc[nH]c5nc4O[C@@H]4COC[C@H]43)c1)C2. The van der Waals surface area contributed by atoms with Crippen molar-refractivity contribution in [2.45, 2.75) is 99.2 Å². The van der Waals surface area contributed by atoms with E-state index >= 15 is 0 Å². The number of amides is 1. The van der Waals surface area contributed by atoms with Crippen molar-refractivity contribution in [3.05, 3.63) is 99.7 Å². The van der Waals surface area contributed by atoms with Crippen LogP contribution in [0.5, 0.6) is 11.6 Å². The highest BCUT2D eigenvalue weighted by Crippen LogP contribution is 2.55. The Morgan fingerprint density at radius 1 is 1.01 bits per heavy atom. The number of anilines is 4. The molecular weight excluding hydrogens is 915 g/mol. The fraction of sp³-hybridized carbons (Fsp3) is 0.490. The van der Waals surface area contributed by atoms with Crippen LogP contribution in [0.15, 0.2) is 77.8 Å². The largest absolute Gasteiger partial charge is 0.489 e. The first kappa shape index (κ1) is 44.0. The quantitative estimate of drug-likeness (QED) is 0.0963. The molecule has 0 unspecified atom stereocenters. The van der Waals surface area contributed by atoms with Gasteiger partial charge in [-0.3, -0.25) is 24.7 Å². The molecule has 1 saturated carbocycles. The molecule has 1 amide bonds. The molecule has 9 heterocycles. The summed E-state index contributed by atoms with van der Waals surface area (Å²) in [6.45, 7) is 10.2. The number of likely N-dealkylation sites (tertiary alicyclic amines) is 2. The van der Waals surface area contributed by atoms with Gasteiger partial charge in [0.2, 0.25) is 5.88 Å². The van der Waals surface area contributed by atoms with Gasteiger partial charge in [0.25, 0.3) is 21.6 Å². The Bertz CT molecular complexity index is 3040. The molecule has 6 fully saturated rings. The number of fused-ring (bicyclic) bond motifs is 6. The molecule has 5 aromatic rings. The van der Waals surface area contributed by atoms with Gasteiger partial charge in [0, 0.05) is 79.1 Å². The molecule has 366 valence electrons. The fourth-order valence-corrected chi connectivity index (χ4v) is 14.0. The molecule has 1 aliphatic carbocycles. The number of hydrogen-bond acceptors (Lipinski definition) is 15. The first-order valence-corrected chi connectivity index (χ1v) is 26.3. The van der Waals surface area contributed by atoms with Crippen molar-refractivity contribution in [1.82, 2.24) is 24.5 Å². The minimum atomic E-state index is -4.69. The van der Waals surface area contributed by atoms with Crippen LogP contribution in [-0.2, 0) is 19.5 Å². The summed E-state index contributed by atoms with van der Waals surface area (Å²) < 4.78 is 55.1. The topological polar surface area (TPSA) is 197 Å². The molecule has 2 aromatic heterocycles. The normalized spacial score (nSPS) is 26.8. The zero-order valence-corrected chi connectivity index (χ0v) is 40.0. The van der Waals surface area contributed by atoms with Crippen LogP contribution in [-0.4, -0.2) is 135 Å². The molecule has 1 spiro atoms. The average Bonchev–Trinajstić information content (AvgIpc) is 4.19. The summed E-state index contributed by atoms with van der Waals surface area (Å²) in [6, 6.07) is 21.2. The lowest BCUT2D eigenvalue weighted by Crippen LogP contribution is -2.66. The number of sulfonamides is 1. The van der Waals surface area contributed by atoms with Crippen LogP contribution in [0.1, 0.15) is 79.4 Å². The smallest absolute Gasteiger partial charge is 0.297 e. The lowest BCUT2D eigenvalue weighted by Gasteiger charge is -2.62. The Balaban J connectivity index is 0.787. The number of nitrogens with zero attached hydrogens (tertiary/aromatic N) is 6. The number of carbonyl (C=O) groups excluding carboxylic acids is 1. The van der Waals surface area contributed by atoms with Gasteiger partial charge >= 0.3 is 0 Å². The second kappa shape index (κ2) is 16.5. The molecule has 18 nitrogen and oxygen atoms in total. The van der Waals surface area contributed by atoms with Crippen molar-refractivity contribution in [2.75, 3.05) is 74.3 Å². The number of morpholine rings is 1. The Kier molecular flexibility index (Phi) is 10.4. The van der Waals surface area contributed by atoms with Gasteiger partial charge in [0.1, 0.15) is 24.0 Å². The third-order valence-electron chi connectivity index (χ3n) is 16.4. The Labute approximate surface area is 405 Å². The van der Waals surface area contributed by atoms with Crippen molar-refractivity contribution in [3.63, 3.8) is 0 Å². The number of nitro benzene ring substituents is 1. The third-order valence-corrected chi connectivity index (χ3v) is 17.7. The summed E-state index contributed by atoms with van der Waals surface area (Å²) >= 11 is 0. The number of H-pyrrole nitrogens is 1. The lowest BCUT2D eigenvalue weighted by molar-refractivity contribution is -0.384. The Morgan fingerprint density at radius 2 is 1.87 bits per heavy atom. The Hall–Kier alpha value is -5.99. The van der Waals surface area contributed by atoms with Crippen molar-refractivity contribution >= 4 is 55.4 Å². The van der Waals surface area contributed by atoms with Crippen LogP contribution < -0.4 is 29.3 Å².